The van der Waals surface area contributed by atoms with Crippen LogP contribution in [0.5, 0.6) is 0 Å². The van der Waals surface area contributed by atoms with E-state index in [1.165, 1.54) is 0 Å². The first kappa shape index (κ1) is 20.0. The Labute approximate surface area is 125 Å². The first-order valence-electron chi connectivity index (χ1n) is 5.53. The molecule has 0 fully saturated rings. The summed E-state index contributed by atoms with van der Waals surface area (Å²) in [5, 5.41) is 0.390. The average Bonchev–Trinajstić information content (AvgIpc) is 2.28. The van der Waals surface area contributed by atoms with Gasteiger partial charge in [-0.2, -0.15) is 39.5 Å². The highest BCUT2D eigenvalue weighted by Crippen LogP contribution is 2.59. The van der Waals surface area contributed by atoms with Crippen molar-refractivity contribution in [3.8, 4) is 0 Å². The molecule has 1 rings (SSSR count). The molecule has 0 radical (unpaired) electrons. The minimum atomic E-state index is -7.19. The van der Waals surface area contributed by atoms with E-state index in [1.54, 1.807) is 0 Å². The lowest BCUT2D eigenvalue weighted by Gasteiger charge is -2.36. The number of hydrogen-bond donors (Lipinski definition) is 1. The molecule has 2 nitrogen and oxygen atoms in total. The van der Waals surface area contributed by atoms with Crippen molar-refractivity contribution in [2.45, 2.75) is 18.5 Å². The number of alkyl halides is 9. The summed E-state index contributed by atoms with van der Waals surface area (Å²) < 4.78 is 140. The number of carbonyl (C=O) groups excluding carboxylic acids is 1. The van der Waals surface area contributed by atoms with E-state index in [9.17, 15) is 53.1 Å². The van der Waals surface area contributed by atoms with Gasteiger partial charge in [0.1, 0.15) is 17.3 Å². The maximum Gasteiger partial charge on any atom is 0.421 e. The Morgan fingerprint density at radius 3 is 1.38 bits per heavy atom. The molecule has 0 bridgehead atoms. The number of nitrogens with one attached hydrogen (secondary N) is 1. The van der Waals surface area contributed by atoms with Crippen LogP contribution in [0.3, 0.4) is 0 Å². The van der Waals surface area contributed by atoms with Crippen molar-refractivity contribution in [1.82, 2.24) is 0 Å². The Morgan fingerprint density at radius 1 is 0.750 bits per heavy atom. The first-order valence-corrected chi connectivity index (χ1v) is 5.53. The van der Waals surface area contributed by atoms with E-state index >= 15 is 0 Å². The van der Waals surface area contributed by atoms with Crippen LogP contribution < -0.4 is 5.32 Å². The molecule has 0 saturated heterocycles. The normalized spacial score (nSPS) is 13.8. The first-order chi connectivity index (χ1) is 10.6. The Morgan fingerprint density at radius 2 is 1.08 bits per heavy atom. The third kappa shape index (κ3) is 2.98. The number of para-hydroxylation sites is 1. The van der Waals surface area contributed by atoms with Gasteiger partial charge in [0.25, 0.3) is 5.91 Å². The van der Waals surface area contributed by atoms with Gasteiger partial charge in [0.15, 0.2) is 0 Å². The fraction of sp³-hybridized carbons (Fsp3) is 0.364. The van der Waals surface area contributed by atoms with Crippen LogP contribution in [0.1, 0.15) is 0 Å². The second kappa shape index (κ2) is 5.77. The molecule has 0 saturated carbocycles. The molecular formula is C11H4F11NO. The van der Waals surface area contributed by atoms with Crippen molar-refractivity contribution in [3.05, 3.63) is 29.8 Å². The van der Waals surface area contributed by atoms with E-state index in [0.717, 1.165) is 0 Å². The molecule has 0 atom stereocenters. The minimum Gasteiger partial charge on any atom is -0.320 e. The van der Waals surface area contributed by atoms with Crippen LogP contribution in [0.4, 0.5) is 54.0 Å². The Hall–Kier alpha value is -2.08. The minimum absolute atomic E-state index is 0.301. The van der Waals surface area contributed by atoms with E-state index in [2.05, 4.69) is 0 Å². The molecular weight excluding hydrogens is 371 g/mol. The number of anilines is 1. The zero-order valence-corrected chi connectivity index (χ0v) is 10.8. The van der Waals surface area contributed by atoms with Crippen LogP contribution in [-0.4, -0.2) is 24.4 Å². The number of amides is 1. The van der Waals surface area contributed by atoms with Crippen LogP contribution in [0, 0.1) is 17.0 Å². The number of rotatable bonds is 2. The Bertz CT molecular complexity index is 572. The SMILES string of the molecule is O=C(Nc1c(F)cccc1F)C(C(F)(F)F)(C(F)(F)F)C(F)(F)F. The molecule has 1 aromatic rings. The molecule has 0 aliphatic rings. The summed E-state index contributed by atoms with van der Waals surface area (Å²) in [7, 11) is 0. The summed E-state index contributed by atoms with van der Waals surface area (Å²) in [5.41, 5.74) is -8.76. The fourth-order valence-corrected chi connectivity index (χ4v) is 1.69. The lowest BCUT2D eigenvalue weighted by molar-refractivity contribution is -0.405. The third-order valence-corrected chi connectivity index (χ3v) is 2.82. The predicted octanol–water partition coefficient (Wildman–Crippen LogP) is 4.58. The van der Waals surface area contributed by atoms with Gasteiger partial charge in [-0.3, -0.25) is 4.79 Å². The van der Waals surface area contributed by atoms with Gasteiger partial charge in [-0.15, -0.1) is 0 Å². The summed E-state index contributed by atoms with van der Waals surface area (Å²) >= 11 is 0. The summed E-state index contributed by atoms with van der Waals surface area (Å²) in [6.45, 7) is 0. The van der Waals surface area contributed by atoms with Gasteiger partial charge in [0.2, 0.25) is 0 Å². The van der Waals surface area contributed by atoms with Crippen LogP contribution >= 0.6 is 0 Å². The lowest BCUT2D eigenvalue weighted by Crippen LogP contribution is -2.65. The van der Waals surface area contributed by atoms with Crippen molar-refractivity contribution in [2.24, 2.45) is 5.41 Å². The second-order valence-electron chi connectivity index (χ2n) is 4.29. The molecule has 136 valence electrons. The number of carbonyl (C=O) groups is 1. The zero-order chi connectivity index (χ0) is 19.1. The lowest BCUT2D eigenvalue weighted by atomic mass is 9.84. The fourth-order valence-electron chi connectivity index (χ4n) is 1.69. The van der Waals surface area contributed by atoms with Crippen molar-refractivity contribution in [1.29, 1.82) is 0 Å². The highest BCUT2D eigenvalue weighted by Gasteiger charge is 2.88. The standard InChI is InChI=1S/C11H4F11NO/c12-4-2-1-3-5(13)6(4)23-7(24)8(9(14,15)16,10(17,18)19)11(20,21)22/h1-3H,(H,23,24). The van der Waals surface area contributed by atoms with Gasteiger partial charge in [0.05, 0.1) is 0 Å². The van der Waals surface area contributed by atoms with Crippen LogP contribution in [0.25, 0.3) is 0 Å². The number of halogens is 11. The van der Waals surface area contributed by atoms with Crippen LogP contribution in [-0.2, 0) is 4.79 Å². The summed E-state index contributed by atoms with van der Waals surface area (Å²) in [6, 6.07) is 1.22. The highest BCUT2D eigenvalue weighted by molar-refractivity contribution is 5.97. The molecule has 0 spiro atoms. The largest absolute Gasteiger partial charge is 0.421 e. The van der Waals surface area contributed by atoms with E-state index in [1.807, 2.05) is 0 Å². The van der Waals surface area contributed by atoms with Crippen molar-refractivity contribution in [3.63, 3.8) is 0 Å². The summed E-state index contributed by atoms with van der Waals surface area (Å²) in [6.07, 6.45) is -21.6. The number of hydrogen-bond acceptors (Lipinski definition) is 1. The van der Waals surface area contributed by atoms with Crippen molar-refractivity contribution >= 4 is 11.6 Å². The molecule has 0 aliphatic carbocycles. The van der Waals surface area contributed by atoms with E-state index < -0.39 is 47.2 Å². The third-order valence-electron chi connectivity index (χ3n) is 2.82. The molecule has 24 heavy (non-hydrogen) atoms. The van der Waals surface area contributed by atoms with E-state index in [0.29, 0.717) is 23.5 Å². The van der Waals surface area contributed by atoms with Gasteiger partial charge in [0, 0.05) is 0 Å². The van der Waals surface area contributed by atoms with Gasteiger partial charge >= 0.3 is 23.9 Å². The van der Waals surface area contributed by atoms with Crippen LogP contribution in [0.2, 0.25) is 0 Å². The van der Waals surface area contributed by atoms with Crippen LogP contribution in [0.15, 0.2) is 18.2 Å². The topological polar surface area (TPSA) is 29.1 Å². The maximum atomic E-state index is 13.2. The molecule has 1 N–H and O–H groups in total. The quantitative estimate of drug-likeness (QED) is 0.754. The molecule has 0 unspecified atom stereocenters. The monoisotopic (exact) mass is 375 g/mol. The highest BCUT2D eigenvalue weighted by atomic mass is 19.4. The molecule has 1 aromatic carbocycles. The van der Waals surface area contributed by atoms with Crippen molar-refractivity contribution in [2.75, 3.05) is 5.32 Å². The van der Waals surface area contributed by atoms with Gasteiger partial charge in [-0.1, -0.05) is 6.07 Å². The maximum absolute atomic E-state index is 13.2. The number of benzene rings is 1. The zero-order valence-electron chi connectivity index (χ0n) is 10.8. The predicted molar refractivity (Wildman–Crippen MR) is 55.6 cm³/mol. The van der Waals surface area contributed by atoms with Gasteiger partial charge < -0.3 is 5.32 Å². The summed E-state index contributed by atoms with van der Waals surface area (Å²) in [5.74, 6) is -7.48. The molecule has 0 aromatic heterocycles. The molecule has 1 amide bonds. The molecule has 0 aliphatic heterocycles. The Kier molecular flexibility index (Phi) is 4.80. The smallest absolute Gasteiger partial charge is 0.320 e. The molecule has 0 heterocycles. The van der Waals surface area contributed by atoms with Gasteiger partial charge in [-0.25, -0.2) is 8.78 Å². The van der Waals surface area contributed by atoms with Crippen molar-refractivity contribution < 1.29 is 53.1 Å². The van der Waals surface area contributed by atoms with E-state index in [-0.39, 0.29) is 0 Å². The van der Waals surface area contributed by atoms with Gasteiger partial charge in [-0.05, 0) is 12.1 Å². The molecule has 13 heteroatoms. The average molecular weight is 375 g/mol. The Balaban J connectivity index is 3.60. The van der Waals surface area contributed by atoms with E-state index in [4.69, 9.17) is 0 Å². The summed E-state index contributed by atoms with van der Waals surface area (Å²) in [4.78, 5) is 11.3. The second-order valence-corrected chi connectivity index (χ2v) is 4.29.